The monoisotopic (exact) mass is 277 g/mol. The molecule has 1 aliphatic rings. The highest BCUT2D eigenvalue weighted by Gasteiger charge is 2.36. The molecule has 0 aromatic heterocycles. The van der Waals surface area contributed by atoms with Crippen LogP contribution in [0.25, 0.3) is 0 Å². The molecule has 0 saturated heterocycles. The Labute approximate surface area is 119 Å². The fourth-order valence-electron chi connectivity index (χ4n) is 3.22. The third-order valence-corrected chi connectivity index (χ3v) is 4.71. The number of benzene rings is 1. The number of rotatable bonds is 3. The van der Waals surface area contributed by atoms with Gasteiger partial charge in [-0.05, 0) is 55.6 Å². The average molecular weight is 277 g/mol. The standard InChI is InChI=1S/C17H21F2N/c1-12(2)13-5-7-17(11-20,8-6-13)10-14-3-4-15(18)9-16(14)19/h3-4,9,12-13H,5-8,10H2,1-2H3. The van der Waals surface area contributed by atoms with Gasteiger partial charge >= 0.3 is 0 Å². The quantitative estimate of drug-likeness (QED) is 0.773. The Morgan fingerprint density at radius 2 is 1.95 bits per heavy atom. The lowest BCUT2D eigenvalue weighted by molar-refractivity contribution is 0.174. The van der Waals surface area contributed by atoms with Gasteiger partial charge in [-0.1, -0.05) is 19.9 Å². The lowest BCUT2D eigenvalue weighted by atomic mass is 9.66. The molecule has 0 amide bonds. The van der Waals surface area contributed by atoms with Gasteiger partial charge in [-0.2, -0.15) is 5.26 Å². The smallest absolute Gasteiger partial charge is 0.129 e. The Morgan fingerprint density at radius 3 is 2.45 bits per heavy atom. The summed E-state index contributed by atoms with van der Waals surface area (Å²) in [6.45, 7) is 4.42. The first kappa shape index (κ1) is 15.0. The Bertz CT molecular complexity index is 508. The fraction of sp³-hybridized carbons (Fsp3) is 0.588. The van der Waals surface area contributed by atoms with E-state index in [0.717, 1.165) is 31.7 Å². The van der Waals surface area contributed by atoms with E-state index in [1.807, 2.05) is 0 Å². The molecule has 0 radical (unpaired) electrons. The summed E-state index contributed by atoms with van der Waals surface area (Å²) < 4.78 is 26.7. The maximum atomic E-state index is 13.8. The second-order valence-electron chi connectivity index (χ2n) is 6.39. The maximum Gasteiger partial charge on any atom is 0.129 e. The molecule has 2 rings (SSSR count). The van der Waals surface area contributed by atoms with Gasteiger partial charge in [0.1, 0.15) is 11.6 Å². The van der Waals surface area contributed by atoms with Crippen molar-refractivity contribution >= 4 is 0 Å². The van der Waals surface area contributed by atoms with Gasteiger partial charge < -0.3 is 0 Å². The molecule has 20 heavy (non-hydrogen) atoms. The van der Waals surface area contributed by atoms with E-state index in [0.29, 0.717) is 23.8 Å². The highest BCUT2D eigenvalue weighted by atomic mass is 19.1. The van der Waals surface area contributed by atoms with Crippen molar-refractivity contribution in [1.29, 1.82) is 5.26 Å². The molecule has 0 aliphatic heterocycles. The lowest BCUT2D eigenvalue weighted by Crippen LogP contribution is -2.30. The first-order chi connectivity index (χ1) is 9.46. The number of halogens is 2. The zero-order valence-electron chi connectivity index (χ0n) is 12.1. The summed E-state index contributed by atoms with van der Waals surface area (Å²) in [5.74, 6) is 0.190. The van der Waals surface area contributed by atoms with Gasteiger partial charge in [0, 0.05) is 6.07 Å². The first-order valence-electron chi connectivity index (χ1n) is 7.31. The average Bonchev–Trinajstić information content (AvgIpc) is 2.42. The van der Waals surface area contributed by atoms with Crippen LogP contribution in [0.4, 0.5) is 8.78 Å². The number of nitrogens with zero attached hydrogens (tertiary/aromatic N) is 1. The Kier molecular flexibility index (Phi) is 4.42. The topological polar surface area (TPSA) is 23.8 Å². The molecule has 0 heterocycles. The van der Waals surface area contributed by atoms with Crippen LogP contribution in [0.5, 0.6) is 0 Å². The number of hydrogen-bond donors (Lipinski definition) is 0. The fourth-order valence-corrected chi connectivity index (χ4v) is 3.22. The zero-order valence-corrected chi connectivity index (χ0v) is 12.1. The predicted octanol–water partition coefficient (Wildman–Crippen LogP) is 4.86. The molecule has 0 bridgehead atoms. The molecule has 1 nitrogen and oxygen atoms in total. The van der Waals surface area contributed by atoms with Crippen LogP contribution >= 0.6 is 0 Å². The highest BCUT2D eigenvalue weighted by molar-refractivity contribution is 5.22. The summed E-state index contributed by atoms with van der Waals surface area (Å²) in [4.78, 5) is 0. The van der Waals surface area contributed by atoms with Crippen molar-refractivity contribution in [3.8, 4) is 6.07 Å². The third-order valence-electron chi connectivity index (χ3n) is 4.71. The van der Waals surface area contributed by atoms with E-state index < -0.39 is 17.0 Å². The van der Waals surface area contributed by atoms with Gasteiger partial charge in [0.05, 0.1) is 11.5 Å². The van der Waals surface area contributed by atoms with Gasteiger partial charge in [0.15, 0.2) is 0 Å². The Hall–Kier alpha value is -1.43. The van der Waals surface area contributed by atoms with Crippen molar-refractivity contribution in [2.75, 3.05) is 0 Å². The van der Waals surface area contributed by atoms with Crippen molar-refractivity contribution in [1.82, 2.24) is 0 Å². The predicted molar refractivity (Wildman–Crippen MR) is 74.9 cm³/mol. The van der Waals surface area contributed by atoms with Crippen molar-refractivity contribution in [3.63, 3.8) is 0 Å². The molecule has 1 saturated carbocycles. The molecular formula is C17H21F2N. The first-order valence-corrected chi connectivity index (χ1v) is 7.31. The number of nitriles is 1. The zero-order chi connectivity index (χ0) is 14.8. The molecule has 108 valence electrons. The second-order valence-corrected chi connectivity index (χ2v) is 6.39. The van der Waals surface area contributed by atoms with Gasteiger partial charge in [-0.3, -0.25) is 0 Å². The molecule has 0 atom stereocenters. The van der Waals surface area contributed by atoms with Gasteiger partial charge in [-0.15, -0.1) is 0 Å². The molecule has 1 aliphatic carbocycles. The summed E-state index contributed by atoms with van der Waals surface area (Å²) in [6.07, 6.45) is 4.05. The van der Waals surface area contributed by atoms with E-state index in [9.17, 15) is 14.0 Å². The Balaban J connectivity index is 2.12. The molecule has 3 heteroatoms. The molecule has 1 aromatic carbocycles. The molecule has 0 N–H and O–H groups in total. The van der Waals surface area contributed by atoms with Crippen LogP contribution in [0.15, 0.2) is 18.2 Å². The van der Waals surface area contributed by atoms with Crippen LogP contribution in [0, 0.1) is 40.2 Å². The minimum atomic E-state index is -0.569. The molecule has 1 aromatic rings. The molecule has 1 fully saturated rings. The lowest BCUT2D eigenvalue weighted by Gasteiger charge is -2.36. The van der Waals surface area contributed by atoms with E-state index in [-0.39, 0.29) is 0 Å². The summed E-state index contributed by atoms with van der Waals surface area (Å²) in [7, 11) is 0. The van der Waals surface area contributed by atoms with Crippen LogP contribution < -0.4 is 0 Å². The summed E-state index contributed by atoms with van der Waals surface area (Å²) >= 11 is 0. The van der Waals surface area contributed by atoms with E-state index in [2.05, 4.69) is 19.9 Å². The van der Waals surface area contributed by atoms with Gasteiger partial charge in [0.25, 0.3) is 0 Å². The van der Waals surface area contributed by atoms with Crippen LogP contribution in [0.2, 0.25) is 0 Å². The van der Waals surface area contributed by atoms with E-state index in [1.54, 1.807) is 0 Å². The van der Waals surface area contributed by atoms with E-state index in [1.165, 1.54) is 12.1 Å². The van der Waals surface area contributed by atoms with E-state index >= 15 is 0 Å². The van der Waals surface area contributed by atoms with Gasteiger partial charge in [0.2, 0.25) is 0 Å². The Morgan fingerprint density at radius 1 is 1.30 bits per heavy atom. The minimum Gasteiger partial charge on any atom is -0.207 e. The highest BCUT2D eigenvalue weighted by Crippen LogP contribution is 2.43. The van der Waals surface area contributed by atoms with Crippen LogP contribution in [0.3, 0.4) is 0 Å². The van der Waals surface area contributed by atoms with Crippen LogP contribution in [-0.2, 0) is 6.42 Å². The van der Waals surface area contributed by atoms with Crippen molar-refractivity contribution < 1.29 is 8.78 Å². The van der Waals surface area contributed by atoms with Crippen LogP contribution in [-0.4, -0.2) is 0 Å². The van der Waals surface area contributed by atoms with Crippen molar-refractivity contribution in [2.45, 2.75) is 46.0 Å². The largest absolute Gasteiger partial charge is 0.207 e. The summed E-state index contributed by atoms with van der Waals surface area (Å²) in [6, 6.07) is 6.05. The van der Waals surface area contributed by atoms with E-state index in [4.69, 9.17) is 0 Å². The third kappa shape index (κ3) is 3.17. The molecule has 0 spiro atoms. The number of hydrogen-bond acceptors (Lipinski definition) is 1. The SMILES string of the molecule is CC(C)C1CCC(C#N)(Cc2ccc(F)cc2F)CC1. The second kappa shape index (κ2) is 5.91. The normalized spacial score (nSPS) is 26.5. The molecular weight excluding hydrogens is 256 g/mol. The van der Waals surface area contributed by atoms with Crippen molar-refractivity contribution in [2.24, 2.45) is 17.3 Å². The summed E-state index contributed by atoms with van der Waals surface area (Å²) in [5.41, 5.74) is -0.0275. The van der Waals surface area contributed by atoms with Gasteiger partial charge in [-0.25, -0.2) is 8.78 Å². The maximum absolute atomic E-state index is 13.8. The molecule has 0 unspecified atom stereocenters. The van der Waals surface area contributed by atoms with Crippen LogP contribution in [0.1, 0.15) is 45.1 Å². The summed E-state index contributed by atoms with van der Waals surface area (Å²) in [5, 5.41) is 9.53. The van der Waals surface area contributed by atoms with Crippen molar-refractivity contribution in [3.05, 3.63) is 35.4 Å². The minimum absolute atomic E-state index is 0.389.